The van der Waals surface area contributed by atoms with Crippen LogP contribution < -0.4 is 0 Å². The van der Waals surface area contributed by atoms with E-state index in [4.69, 9.17) is 14.5 Å². The molecule has 168 valence electrons. The summed E-state index contributed by atoms with van der Waals surface area (Å²) in [5.74, 6) is 0.744. The molecule has 2 aliphatic rings. The predicted molar refractivity (Wildman–Crippen MR) is 123 cm³/mol. The highest BCUT2D eigenvalue weighted by Crippen LogP contribution is 2.25. The topological polar surface area (TPSA) is 56.6 Å². The summed E-state index contributed by atoms with van der Waals surface area (Å²) in [6.45, 7) is 6.12. The average molecular weight is 434 g/mol. The number of ether oxygens (including phenoxy) is 2. The first-order valence-corrected chi connectivity index (χ1v) is 11.7. The van der Waals surface area contributed by atoms with E-state index in [1.54, 1.807) is 0 Å². The van der Waals surface area contributed by atoms with Gasteiger partial charge >= 0.3 is 5.97 Å². The molecule has 2 aliphatic heterocycles. The number of likely N-dealkylation sites (tertiary alicyclic amines) is 1. The molecular weight excluding hydrogens is 402 g/mol. The van der Waals surface area contributed by atoms with Crippen LogP contribution >= 0.6 is 0 Å². The van der Waals surface area contributed by atoms with E-state index in [9.17, 15) is 4.79 Å². The lowest BCUT2D eigenvalue weighted by Gasteiger charge is -2.33. The molecule has 1 aromatic heterocycles. The molecule has 6 nitrogen and oxygen atoms in total. The van der Waals surface area contributed by atoms with Gasteiger partial charge in [0.05, 0.1) is 35.8 Å². The summed E-state index contributed by atoms with van der Waals surface area (Å²) in [5, 5.41) is 0. The lowest BCUT2D eigenvalue weighted by Crippen LogP contribution is -2.38. The van der Waals surface area contributed by atoms with Crippen LogP contribution in [-0.4, -0.2) is 45.7 Å². The van der Waals surface area contributed by atoms with E-state index in [0.29, 0.717) is 11.6 Å². The van der Waals surface area contributed by atoms with Crippen molar-refractivity contribution in [2.75, 3.05) is 13.2 Å². The Morgan fingerprint density at radius 1 is 1.16 bits per heavy atom. The van der Waals surface area contributed by atoms with Crippen molar-refractivity contribution in [3.8, 4) is 0 Å². The van der Waals surface area contributed by atoms with E-state index in [0.717, 1.165) is 55.1 Å². The number of esters is 1. The number of benzene rings is 2. The number of aromatic nitrogens is 2. The maximum Gasteiger partial charge on any atom is 0.338 e. The van der Waals surface area contributed by atoms with Gasteiger partial charge in [0.2, 0.25) is 0 Å². The van der Waals surface area contributed by atoms with Crippen molar-refractivity contribution in [3.05, 3.63) is 65.5 Å². The van der Waals surface area contributed by atoms with E-state index in [2.05, 4.69) is 16.4 Å². The zero-order chi connectivity index (χ0) is 21.9. The standard InChI is InChI=1S/C26H31N3O3/c1-19-7-5-6-13-28(19)17-25-27-23-11-10-21(15-24(23)29(25)16-22-12-14-31-22)26(30)32-18-20-8-3-2-4-9-20/h2-4,8-11,15,19,22H,5-7,12-14,16-18H2,1H3/t19-,22-/m0/s1. The smallest absolute Gasteiger partial charge is 0.338 e. The lowest BCUT2D eigenvalue weighted by atomic mass is 10.0. The van der Waals surface area contributed by atoms with Gasteiger partial charge in [-0.25, -0.2) is 9.78 Å². The molecule has 2 fully saturated rings. The molecular formula is C26H31N3O3. The molecule has 0 amide bonds. The Bertz CT molecular complexity index is 1070. The Morgan fingerprint density at radius 2 is 2.00 bits per heavy atom. The summed E-state index contributed by atoms with van der Waals surface area (Å²) in [4.78, 5) is 20.2. The van der Waals surface area contributed by atoms with Crippen LogP contribution in [0, 0.1) is 0 Å². The molecule has 0 N–H and O–H groups in total. The first-order valence-electron chi connectivity index (χ1n) is 11.7. The highest BCUT2D eigenvalue weighted by molar-refractivity contribution is 5.93. The van der Waals surface area contributed by atoms with Gasteiger partial charge in [0.15, 0.2) is 0 Å². The van der Waals surface area contributed by atoms with Crippen LogP contribution in [0.3, 0.4) is 0 Å². The van der Waals surface area contributed by atoms with E-state index in [1.807, 2.05) is 48.5 Å². The van der Waals surface area contributed by atoms with Crippen LogP contribution in [-0.2, 0) is 29.2 Å². The van der Waals surface area contributed by atoms with Crippen LogP contribution in [0.4, 0.5) is 0 Å². The summed E-state index contributed by atoms with van der Waals surface area (Å²) < 4.78 is 13.5. The monoisotopic (exact) mass is 433 g/mol. The fraction of sp³-hybridized carbons (Fsp3) is 0.462. The molecule has 0 radical (unpaired) electrons. The fourth-order valence-corrected chi connectivity index (χ4v) is 4.64. The Hall–Kier alpha value is -2.70. The number of carbonyl (C=O) groups excluding carboxylic acids is 1. The van der Waals surface area contributed by atoms with Gasteiger partial charge in [-0.2, -0.15) is 0 Å². The summed E-state index contributed by atoms with van der Waals surface area (Å²) in [5.41, 5.74) is 3.44. The Morgan fingerprint density at radius 3 is 2.75 bits per heavy atom. The molecule has 32 heavy (non-hydrogen) atoms. The maximum atomic E-state index is 12.7. The summed E-state index contributed by atoms with van der Waals surface area (Å²) >= 11 is 0. The minimum Gasteiger partial charge on any atom is -0.457 e. The number of nitrogens with zero attached hydrogens (tertiary/aromatic N) is 3. The Balaban J connectivity index is 1.40. The number of hydrogen-bond acceptors (Lipinski definition) is 5. The van der Waals surface area contributed by atoms with Crippen LogP contribution in [0.25, 0.3) is 11.0 Å². The van der Waals surface area contributed by atoms with Crippen molar-refractivity contribution in [2.45, 2.75) is 64.4 Å². The minimum absolute atomic E-state index is 0.221. The second-order valence-electron chi connectivity index (χ2n) is 9.00. The van der Waals surface area contributed by atoms with Crippen LogP contribution in [0.1, 0.15) is 54.4 Å². The predicted octanol–water partition coefficient (Wildman–Crippen LogP) is 4.56. The van der Waals surface area contributed by atoms with Gasteiger partial charge < -0.3 is 14.0 Å². The van der Waals surface area contributed by atoms with E-state index in [-0.39, 0.29) is 18.7 Å². The zero-order valence-electron chi connectivity index (χ0n) is 18.7. The highest BCUT2D eigenvalue weighted by atomic mass is 16.5. The average Bonchev–Trinajstić information content (AvgIpc) is 3.13. The zero-order valence-corrected chi connectivity index (χ0v) is 18.7. The van der Waals surface area contributed by atoms with Crippen LogP contribution in [0.2, 0.25) is 0 Å². The van der Waals surface area contributed by atoms with Gasteiger partial charge in [-0.05, 0) is 56.5 Å². The second kappa shape index (κ2) is 9.43. The third-order valence-electron chi connectivity index (χ3n) is 6.74. The maximum absolute atomic E-state index is 12.7. The fourth-order valence-electron chi connectivity index (χ4n) is 4.64. The third-order valence-corrected chi connectivity index (χ3v) is 6.74. The molecule has 0 aliphatic carbocycles. The van der Waals surface area contributed by atoms with Gasteiger partial charge in [-0.15, -0.1) is 0 Å². The largest absolute Gasteiger partial charge is 0.457 e. The van der Waals surface area contributed by atoms with E-state index < -0.39 is 0 Å². The molecule has 3 aromatic rings. The van der Waals surface area contributed by atoms with Crippen LogP contribution in [0.5, 0.6) is 0 Å². The molecule has 2 atom stereocenters. The van der Waals surface area contributed by atoms with Gasteiger partial charge in [0.25, 0.3) is 0 Å². The van der Waals surface area contributed by atoms with Crippen molar-refractivity contribution in [1.29, 1.82) is 0 Å². The molecule has 0 saturated carbocycles. The number of imidazole rings is 1. The van der Waals surface area contributed by atoms with Crippen molar-refractivity contribution in [3.63, 3.8) is 0 Å². The number of fused-ring (bicyclic) bond motifs is 1. The van der Waals surface area contributed by atoms with Crippen molar-refractivity contribution < 1.29 is 14.3 Å². The molecule has 5 rings (SSSR count). The lowest BCUT2D eigenvalue weighted by molar-refractivity contribution is -0.0592. The van der Waals surface area contributed by atoms with Crippen molar-refractivity contribution in [1.82, 2.24) is 14.5 Å². The molecule has 6 heteroatoms. The van der Waals surface area contributed by atoms with Gasteiger partial charge in [0, 0.05) is 12.6 Å². The van der Waals surface area contributed by atoms with Gasteiger partial charge in [-0.1, -0.05) is 36.8 Å². The molecule has 0 spiro atoms. The third kappa shape index (κ3) is 4.57. The molecule has 0 bridgehead atoms. The quantitative estimate of drug-likeness (QED) is 0.512. The van der Waals surface area contributed by atoms with Gasteiger partial charge in [0.1, 0.15) is 12.4 Å². The number of carbonyl (C=O) groups is 1. The first-order chi connectivity index (χ1) is 15.7. The second-order valence-corrected chi connectivity index (χ2v) is 9.00. The van der Waals surface area contributed by atoms with Crippen molar-refractivity contribution in [2.24, 2.45) is 0 Å². The number of piperidine rings is 1. The van der Waals surface area contributed by atoms with Crippen molar-refractivity contribution >= 4 is 17.0 Å². The SMILES string of the molecule is C[C@H]1CCCCN1Cc1nc2ccc(C(=O)OCc3ccccc3)cc2n1C[C@@H]1CCO1. The summed E-state index contributed by atoms with van der Waals surface area (Å²) in [7, 11) is 0. The highest BCUT2D eigenvalue weighted by Gasteiger charge is 2.25. The normalized spacial score (nSPS) is 21.4. The molecule has 2 saturated heterocycles. The van der Waals surface area contributed by atoms with E-state index in [1.165, 1.54) is 19.3 Å². The first kappa shape index (κ1) is 21.2. The molecule has 0 unspecified atom stereocenters. The number of rotatable bonds is 7. The summed E-state index contributed by atoms with van der Waals surface area (Å²) in [6, 6.07) is 16.0. The molecule has 3 heterocycles. The van der Waals surface area contributed by atoms with E-state index >= 15 is 0 Å². The number of hydrogen-bond donors (Lipinski definition) is 0. The Kier molecular flexibility index (Phi) is 6.23. The summed E-state index contributed by atoms with van der Waals surface area (Å²) in [6.07, 6.45) is 5.08. The van der Waals surface area contributed by atoms with Crippen LogP contribution in [0.15, 0.2) is 48.5 Å². The van der Waals surface area contributed by atoms with Gasteiger partial charge in [-0.3, -0.25) is 4.90 Å². The molecule has 2 aromatic carbocycles. The minimum atomic E-state index is -0.311. The Labute approximate surface area is 189 Å².